The maximum Gasteiger partial charge on any atom is 0.221 e. The van der Waals surface area contributed by atoms with Crippen molar-refractivity contribution in [1.29, 1.82) is 5.26 Å². The molecular weight excluding hydrogens is 428 g/mol. The predicted molar refractivity (Wildman–Crippen MR) is 121 cm³/mol. The molecule has 8 nitrogen and oxygen atoms in total. The minimum Gasteiger partial charge on any atom is -0.497 e. The highest BCUT2D eigenvalue weighted by molar-refractivity contribution is 7.95. The lowest BCUT2D eigenvalue weighted by Crippen LogP contribution is -2.34. The Bertz CT molecular complexity index is 1290. The summed E-state index contributed by atoms with van der Waals surface area (Å²) in [7, 11) is -2.03. The van der Waals surface area contributed by atoms with Crippen molar-refractivity contribution < 1.29 is 17.9 Å². The van der Waals surface area contributed by atoms with Crippen LogP contribution in [0.25, 0.3) is 0 Å². The van der Waals surface area contributed by atoms with Crippen molar-refractivity contribution in [3.63, 3.8) is 0 Å². The van der Waals surface area contributed by atoms with Crippen LogP contribution in [0.15, 0.2) is 70.5 Å². The third-order valence-corrected chi connectivity index (χ3v) is 7.46. The SMILES string of the molecule is COc1ccc(N2C(N)=C(C#N)C(c3ccc(NC(C)=O)cc3)C3=C2CCS3(=O)=O)cc1. The van der Waals surface area contributed by atoms with Crippen LogP contribution in [-0.4, -0.2) is 27.2 Å². The number of hydrogen-bond donors (Lipinski definition) is 2. The zero-order valence-electron chi connectivity index (χ0n) is 17.6. The molecule has 0 bridgehead atoms. The minimum atomic E-state index is -3.59. The number of nitriles is 1. The van der Waals surface area contributed by atoms with Gasteiger partial charge in [-0.1, -0.05) is 12.1 Å². The molecule has 0 spiro atoms. The van der Waals surface area contributed by atoms with E-state index >= 15 is 0 Å². The fraction of sp³-hybridized carbons (Fsp3) is 0.217. The number of carbonyl (C=O) groups is 1. The number of ether oxygens (including phenoxy) is 1. The first-order chi connectivity index (χ1) is 15.3. The highest BCUT2D eigenvalue weighted by Gasteiger charge is 2.45. The Balaban J connectivity index is 1.87. The van der Waals surface area contributed by atoms with E-state index in [2.05, 4.69) is 11.4 Å². The second-order valence-corrected chi connectivity index (χ2v) is 9.64. The Hall–Kier alpha value is -3.77. The molecule has 1 unspecified atom stereocenters. The molecule has 164 valence electrons. The first-order valence-electron chi connectivity index (χ1n) is 9.94. The normalized spacial score (nSPS) is 19.4. The molecule has 1 atom stereocenters. The van der Waals surface area contributed by atoms with E-state index in [9.17, 15) is 18.5 Å². The summed E-state index contributed by atoms with van der Waals surface area (Å²) in [4.78, 5) is 13.2. The van der Waals surface area contributed by atoms with E-state index in [1.165, 1.54) is 6.92 Å². The van der Waals surface area contributed by atoms with Crippen molar-refractivity contribution in [3.05, 3.63) is 76.1 Å². The number of methoxy groups -OCH3 is 1. The number of benzene rings is 2. The number of nitrogens with two attached hydrogens (primary N) is 1. The summed E-state index contributed by atoms with van der Waals surface area (Å²) in [5, 5.41) is 12.7. The van der Waals surface area contributed by atoms with E-state index in [-0.39, 0.29) is 28.0 Å². The van der Waals surface area contributed by atoms with Crippen molar-refractivity contribution in [2.24, 2.45) is 5.73 Å². The molecule has 4 rings (SSSR count). The highest BCUT2D eigenvalue weighted by Crippen LogP contribution is 2.48. The van der Waals surface area contributed by atoms with E-state index < -0.39 is 15.8 Å². The lowest BCUT2D eigenvalue weighted by molar-refractivity contribution is -0.114. The van der Waals surface area contributed by atoms with Crippen molar-refractivity contribution in [2.75, 3.05) is 23.1 Å². The van der Waals surface area contributed by atoms with E-state index in [4.69, 9.17) is 10.5 Å². The van der Waals surface area contributed by atoms with Gasteiger partial charge in [0.1, 0.15) is 11.6 Å². The molecule has 3 N–H and O–H groups in total. The van der Waals surface area contributed by atoms with Gasteiger partial charge >= 0.3 is 0 Å². The molecule has 0 fully saturated rings. The molecule has 2 aliphatic rings. The van der Waals surface area contributed by atoms with E-state index in [1.807, 2.05) is 0 Å². The van der Waals surface area contributed by atoms with E-state index in [1.54, 1.807) is 60.5 Å². The average Bonchev–Trinajstić information content (AvgIpc) is 3.08. The van der Waals surface area contributed by atoms with Crippen LogP contribution in [-0.2, 0) is 14.6 Å². The summed E-state index contributed by atoms with van der Waals surface area (Å²) < 4.78 is 31.4. The number of rotatable bonds is 4. The molecule has 0 saturated carbocycles. The van der Waals surface area contributed by atoms with Gasteiger partial charge in [0.25, 0.3) is 0 Å². The van der Waals surface area contributed by atoms with Gasteiger partial charge in [-0.05, 0) is 42.0 Å². The smallest absolute Gasteiger partial charge is 0.221 e. The number of nitrogens with one attached hydrogen (secondary N) is 1. The van der Waals surface area contributed by atoms with Crippen LogP contribution in [0.5, 0.6) is 5.75 Å². The lowest BCUT2D eigenvalue weighted by Gasteiger charge is -2.35. The fourth-order valence-electron chi connectivity index (χ4n) is 4.18. The number of nitrogens with zero attached hydrogens (tertiary/aromatic N) is 2. The molecule has 2 heterocycles. The summed E-state index contributed by atoms with van der Waals surface area (Å²) in [5.74, 6) is -0.209. The van der Waals surface area contributed by atoms with Crippen LogP contribution in [0.2, 0.25) is 0 Å². The van der Waals surface area contributed by atoms with Gasteiger partial charge in [0.05, 0.1) is 35.3 Å². The molecule has 0 aliphatic carbocycles. The first kappa shape index (κ1) is 21.5. The summed E-state index contributed by atoms with van der Waals surface area (Å²) in [6, 6.07) is 16.0. The van der Waals surface area contributed by atoms with Crippen molar-refractivity contribution in [1.82, 2.24) is 0 Å². The maximum absolute atomic E-state index is 13.1. The van der Waals surface area contributed by atoms with Gasteiger partial charge in [0, 0.05) is 30.4 Å². The summed E-state index contributed by atoms with van der Waals surface area (Å²) in [6.07, 6.45) is 0.295. The summed E-state index contributed by atoms with van der Waals surface area (Å²) >= 11 is 0. The van der Waals surface area contributed by atoms with Crippen LogP contribution in [0.4, 0.5) is 11.4 Å². The summed E-state index contributed by atoms with van der Waals surface area (Å²) in [5.41, 5.74) is 9.06. The van der Waals surface area contributed by atoms with Crippen LogP contribution >= 0.6 is 0 Å². The largest absolute Gasteiger partial charge is 0.497 e. The monoisotopic (exact) mass is 450 g/mol. The third kappa shape index (κ3) is 3.59. The Morgan fingerprint density at radius 1 is 1.19 bits per heavy atom. The van der Waals surface area contributed by atoms with Crippen LogP contribution in [0, 0.1) is 11.3 Å². The van der Waals surface area contributed by atoms with Crippen molar-refractivity contribution in [2.45, 2.75) is 19.3 Å². The number of sulfone groups is 1. The number of hydrogen-bond acceptors (Lipinski definition) is 7. The predicted octanol–water partition coefficient (Wildman–Crippen LogP) is 2.98. The topological polar surface area (TPSA) is 126 Å². The van der Waals surface area contributed by atoms with Crippen molar-refractivity contribution in [3.8, 4) is 11.8 Å². The Morgan fingerprint density at radius 3 is 2.41 bits per heavy atom. The molecule has 1 amide bonds. The zero-order chi connectivity index (χ0) is 23.0. The molecule has 9 heteroatoms. The number of amides is 1. The quantitative estimate of drug-likeness (QED) is 0.733. The minimum absolute atomic E-state index is 0.0449. The van der Waals surface area contributed by atoms with Crippen LogP contribution < -0.4 is 20.7 Å². The molecule has 2 aromatic rings. The zero-order valence-corrected chi connectivity index (χ0v) is 18.4. The van der Waals surface area contributed by atoms with Crippen LogP contribution in [0.3, 0.4) is 0 Å². The highest BCUT2D eigenvalue weighted by atomic mass is 32.2. The van der Waals surface area contributed by atoms with Crippen LogP contribution in [0.1, 0.15) is 24.8 Å². The number of carbonyl (C=O) groups excluding carboxylic acids is 1. The van der Waals surface area contributed by atoms with Gasteiger partial charge in [0.15, 0.2) is 9.84 Å². The second-order valence-electron chi connectivity index (χ2n) is 7.56. The van der Waals surface area contributed by atoms with Gasteiger partial charge in [-0.3, -0.25) is 9.69 Å². The average molecular weight is 451 g/mol. The molecule has 0 aromatic heterocycles. The first-order valence-corrected chi connectivity index (χ1v) is 11.6. The number of anilines is 2. The molecule has 2 aliphatic heterocycles. The Labute approximate surface area is 186 Å². The number of allylic oxidation sites excluding steroid dienone is 3. The molecule has 32 heavy (non-hydrogen) atoms. The standard InChI is InChI=1S/C23H22N4O4S/c1-14(28)26-16-5-3-15(4-6-16)21-19(13-24)23(25)27(17-7-9-18(31-2)10-8-17)20-11-12-32(29,30)22(20)21/h3-10,21H,11-12,25H2,1-2H3,(H,26,28). The lowest BCUT2D eigenvalue weighted by atomic mass is 9.87. The summed E-state index contributed by atoms with van der Waals surface area (Å²) in [6.45, 7) is 1.40. The molecule has 0 saturated heterocycles. The van der Waals surface area contributed by atoms with Gasteiger partial charge in [-0.15, -0.1) is 0 Å². The Morgan fingerprint density at radius 2 is 1.84 bits per heavy atom. The van der Waals surface area contributed by atoms with Gasteiger partial charge in [-0.2, -0.15) is 5.26 Å². The molecule has 0 radical (unpaired) electrons. The Kier molecular flexibility index (Phi) is 5.40. The fourth-order valence-corrected chi connectivity index (χ4v) is 6.03. The van der Waals surface area contributed by atoms with E-state index in [0.717, 1.165) is 0 Å². The maximum atomic E-state index is 13.1. The van der Waals surface area contributed by atoms with Gasteiger partial charge in [-0.25, -0.2) is 8.42 Å². The van der Waals surface area contributed by atoms with E-state index in [0.29, 0.717) is 34.8 Å². The molecule has 2 aromatic carbocycles. The van der Waals surface area contributed by atoms with Crippen molar-refractivity contribution >= 4 is 27.1 Å². The second kappa shape index (κ2) is 8.05. The van der Waals surface area contributed by atoms with Gasteiger partial charge in [0.2, 0.25) is 5.91 Å². The third-order valence-electron chi connectivity index (χ3n) is 5.58. The van der Waals surface area contributed by atoms with Gasteiger partial charge < -0.3 is 15.8 Å². The molecular formula is C23H22N4O4S.